The van der Waals surface area contributed by atoms with E-state index in [1.165, 1.54) is 6.92 Å². The minimum Gasteiger partial charge on any atom is -0.466 e. The Morgan fingerprint density at radius 1 is 1.55 bits per heavy atom. The van der Waals surface area contributed by atoms with E-state index in [9.17, 15) is 4.79 Å². The third kappa shape index (κ3) is 2.50. The van der Waals surface area contributed by atoms with E-state index in [4.69, 9.17) is 9.84 Å². The third-order valence-corrected chi connectivity index (χ3v) is 2.11. The zero-order chi connectivity index (χ0) is 8.27. The van der Waals surface area contributed by atoms with Crippen LogP contribution in [0.15, 0.2) is 0 Å². The largest absolute Gasteiger partial charge is 0.466 e. The zero-order valence-corrected chi connectivity index (χ0v) is 6.75. The second kappa shape index (κ2) is 3.72. The number of hydrogen-bond donors (Lipinski definition) is 1. The van der Waals surface area contributed by atoms with Gasteiger partial charge in [0.25, 0.3) is 0 Å². The number of aliphatic hydroxyl groups is 1. The Balaban J connectivity index is 2.00. The third-order valence-electron chi connectivity index (χ3n) is 2.11. The van der Waals surface area contributed by atoms with Crippen molar-refractivity contribution in [3.8, 4) is 0 Å². The molecule has 1 saturated carbocycles. The zero-order valence-electron chi connectivity index (χ0n) is 6.75. The molecule has 0 saturated heterocycles. The van der Waals surface area contributed by atoms with Gasteiger partial charge in [-0.15, -0.1) is 0 Å². The van der Waals surface area contributed by atoms with E-state index in [0.717, 1.165) is 12.8 Å². The molecule has 0 aliphatic heterocycles. The molecular weight excluding hydrogens is 144 g/mol. The topological polar surface area (TPSA) is 46.5 Å². The summed E-state index contributed by atoms with van der Waals surface area (Å²) in [6, 6.07) is 0. The Morgan fingerprint density at radius 2 is 2.18 bits per heavy atom. The first kappa shape index (κ1) is 8.53. The van der Waals surface area contributed by atoms with E-state index in [-0.39, 0.29) is 12.6 Å². The fourth-order valence-corrected chi connectivity index (χ4v) is 1.39. The van der Waals surface area contributed by atoms with Crippen molar-refractivity contribution in [2.75, 3.05) is 13.2 Å². The molecule has 0 amide bonds. The van der Waals surface area contributed by atoms with Crippen LogP contribution < -0.4 is 0 Å². The van der Waals surface area contributed by atoms with Crippen LogP contribution in [0.4, 0.5) is 0 Å². The predicted octanol–water partition coefficient (Wildman–Crippen LogP) is 0.568. The highest BCUT2D eigenvalue weighted by molar-refractivity contribution is 5.65. The summed E-state index contributed by atoms with van der Waals surface area (Å²) in [5, 5.41) is 8.67. The van der Waals surface area contributed by atoms with Crippen molar-refractivity contribution in [2.45, 2.75) is 19.8 Å². The first-order valence-electron chi connectivity index (χ1n) is 3.96. The van der Waals surface area contributed by atoms with Crippen molar-refractivity contribution >= 4 is 5.97 Å². The van der Waals surface area contributed by atoms with E-state index in [1.807, 2.05) is 0 Å². The molecule has 1 aliphatic rings. The van der Waals surface area contributed by atoms with Crippen LogP contribution in [0.1, 0.15) is 19.8 Å². The molecule has 3 nitrogen and oxygen atoms in total. The lowest BCUT2D eigenvalue weighted by Crippen LogP contribution is -2.30. The van der Waals surface area contributed by atoms with Crippen molar-refractivity contribution in [2.24, 2.45) is 11.8 Å². The van der Waals surface area contributed by atoms with Gasteiger partial charge in [0.1, 0.15) is 0 Å². The molecule has 0 atom stereocenters. The van der Waals surface area contributed by atoms with Crippen molar-refractivity contribution in [1.82, 2.24) is 0 Å². The van der Waals surface area contributed by atoms with Gasteiger partial charge >= 0.3 is 5.97 Å². The Hall–Kier alpha value is -0.570. The van der Waals surface area contributed by atoms with Gasteiger partial charge in [-0.25, -0.2) is 0 Å². The summed E-state index contributed by atoms with van der Waals surface area (Å²) >= 11 is 0. The monoisotopic (exact) mass is 158 g/mol. The van der Waals surface area contributed by atoms with Crippen LogP contribution in [0.2, 0.25) is 0 Å². The number of rotatable bonds is 3. The summed E-state index contributed by atoms with van der Waals surface area (Å²) in [6.45, 7) is 2.23. The van der Waals surface area contributed by atoms with Crippen LogP contribution in [0, 0.1) is 11.8 Å². The van der Waals surface area contributed by atoms with Crippen molar-refractivity contribution in [1.29, 1.82) is 0 Å². The standard InChI is InChI=1S/C8H14O3/c1-6(10)11-5-8-2-7(3-8)4-9/h7-9H,2-5H2,1H3. The second-order valence-electron chi connectivity index (χ2n) is 3.19. The average Bonchev–Trinajstić information content (AvgIpc) is 1.84. The van der Waals surface area contributed by atoms with Gasteiger partial charge in [0, 0.05) is 13.5 Å². The van der Waals surface area contributed by atoms with Crippen LogP contribution in [0.3, 0.4) is 0 Å². The summed E-state index contributed by atoms with van der Waals surface area (Å²) in [4.78, 5) is 10.4. The number of carbonyl (C=O) groups excluding carboxylic acids is 1. The minimum atomic E-state index is -0.211. The van der Waals surface area contributed by atoms with E-state index in [0.29, 0.717) is 18.4 Å². The molecular formula is C8H14O3. The molecule has 0 aromatic rings. The number of esters is 1. The van der Waals surface area contributed by atoms with Crippen molar-refractivity contribution in [3.63, 3.8) is 0 Å². The van der Waals surface area contributed by atoms with Gasteiger partial charge in [0.05, 0.1) is 6.61 Å². The van der Waals surface area contributed by atoms with Crippen LogP contribution in [-0.2, 0) is 9.53 Å². The molecule has 64 valence electrons. The molecule has 1 N–H and O–H groups in total. The maximum atomic E-state index is 10.4. The van der Waals surface area contributed by atoms with Crippen LogP contribution in [0.25, 0.3) is 0 Å². The lowest BCUT2D eigenvalue weighted by molar-refractivity contribution is -0.143. The van der Waals surface area contributed by atoms with E-state index < -0.39 is 0 Å². The maximum Gasteiger partial charge on any atom is 0.302 e. The molecule has 0 heterocycles. The molecule has 0 unspecified atom stereocenters. The first-order valence-corrected chi connectivity index (χ1v) is 3.96. The van der Waals surface area contributed by atoms with Gasteiger partial charge in [0.2, 0.25) is 0 Å². The maximum absolute atomic E-state index is 10.4. The molecule has 1 aliphatic carbocycles. The summed E-state index contributed by atoms with van der Waals surface area (Å²) in [6.07, 6.45) is 2.01. The van der Waals surface area contributed by atoms with Crippen molar-refractivity contribution < 1.29 is 14.6 Å². The number of ether oxygens (including phenoxy) is 1. The predicted molar refractivity (Wildman–Crippen MR) is 39.9 cm³/mol. The highest BCUT2D eigenvalue weighted by Gasteiger charge is 2.28. The molecule has 0 spiro atoms. The van der Waals surface area contributed by atoms with Gasteiger partial charge < -0.3 is 9.84 Å². The molecule has 1 fully saturated rings. The summed E-state index contributed by atoms with van der Waals surface area (Å²) in [7, 11) is 0. The fourth-order valence-electron chi connectivity index (χ4n) is 1.39. The van der Waals surface area contributed by atoms with Gasteiger partial charge in [-0.05, 0) is 24.7 Å². The summed E-state index contributed by atoms with van der Waals surface area (Å²) in [5.74, 6) is 0.740. The van der Waals surface area contributed by atoms with Gasteiger partial charge in [-0.2, -0.15) is 0 Å². The van der Waals surface area contributed by atoms with Gasteiger partial charge in [0.15, 0.2) is 0 Å². The molecule has 0 bridgehead atoms. The number of hydrogen-bond acceptors (Lipinski definition) is 3. The molecule has 1 rings (SSSR count). The molecule has 0 aromatic heterocycles. The number of carbonyl (C=O) groups is 1. The van der Waals surface area contributed by atoms with Crippen LogP contribution in [0.5, 0.6) is 0 Å². The lowest BCUT2D eigenvalue weighted by atomic mass is 9.76. The van der Waals surface area contributed by atoms with E-state index in [1.54, 1.807) is 0 Å². The summed E-state index contributed by atoms with van der Waals surface area (Å²) < 4.78 is 4.82. The minimum absolute atomic E-state index is 0.211. The van der Waals surface area contributed by atoms with Gasteiger partial charge in [-0.1, -0.05) is 0 Å². The second-order valence-corrected chi connectivity index (χ2v) is 3.19. The van der Waals surface area contributed by atoms with E-state index in [2.05, 4.69) is 0 Å². The average molecular weight is 158 g/mol. The van der Waals surface area contributed by atoms with E-state index >= 15 is 0 Å². The molecule has 0 aromatic carbocycles. The van der Waals surface area contributed by atoms with Crippen LogP contribution >= 0.6 is 0 Å². The molecule has 0 radical (unpaired) electrons. The Bertz CT molecular complexity index is 138. The van der Waals surface area contributed by atoms with Crippen molar-refractivity contribution in [3.05, 3.63) is 0 Å². The lowest BCUT2D eigenvalue weighted by Gasteiger charge is -2.33. The van der Waals surface area contributed by atoms with Gasteiger partial charge in [-0.3, -0.25) is 4.79 Å². The highest BCUT2D eigenvalue weighted by Crippen LogP contribution is 2.33. The normalized spacial score (nSPS) is 29.3. The first-order chi connectivity index (χ1) is 5.22. The smallest absolute Gasteiger partial charge is 0.302 e. The number of aliphatic hydroxyl groups excluding tert-OH is 1. The molecule has 11 heavy (non-hydrogen) atoms. The molecule has 3 heteroatoms. The fraction of sp³-hybridized carbons (Fsp3) is 0.875. The van der Waals surface area contributed by atoms with Crippen LogP contribution in [-0.4, -0.2) is 24.3 Å². The Kier molecular flexibility index (Phi) is 2.88. The highest BCUT2D eigenvalue weighted by atomic mass is 16.5. The SMILES string of the molecule is CC(=O)OCC1CC(CO)C1. The Labute approximate surface area is 66.4 Å². The quantitative estimate of drug-likeness (QED) is 0.611. The summed E-state index contributed by atoms with van der Waals surface area (Å²) in [5.41, 5.74) is 0. The Morgan fingerprint density at radius 3 is 2.64 bits per heavy atom.